The smallest absolute Gasteiger partial charge is 0.180 e. The second-order valence-corrected chi connectivity index (χ2v) is 10.0. The van der Waals surface area contributed by atoms with E-state index in [2.05, 4.69) is 19.9 Å². The van der Waals surface area contributed by atoms with Gasteiger partial charge in [0.2, 0.25) is 0 Å². The first-order valence-electron chi connectivity index (χ1n) is 9.71. The van der Waals surface area contributed by atoms with Crippen LogP contribution in [0.15, 0.2) is 71.6 Å². The Hall–Kier alpha value is -3.45. The van der Waals surface area contributed by atoms with E-state index in [1.165, 1.54) is 0 Å². The molecule has 0 saturated carbocycles. The fourth-order valence-electron chi connectivity index (χ4n) is 3.45. The van der Waals surface area contributed by atoms with Crippen LogP contribution in [0.4, 0.5) is 0 Å². The van der Waals surface area contributed by atoms with Crippen LogP contribution in [-0.2, 0) is 9.84 Å². The molecule has 2 aromatic heterocycles. The van der Waals surface area contributed by atoms with Crippen molar-refractivity contribution in [3.8, 4) is 22.8 Å². The number of H-pyrrole nitrogens is 2. The van der Waals surface area contributed by atoms with Crippen molar-refractivity contribution in [3.63, 3.8) is 0 Å². The van der Waals surface area contributed by atoms with Gasteiger partial charge in [-0.2, -0.15) is 0 Å². The van der Waals surface area contributed by atoms with Crippen molar-refractivity contribution in [1.29, 1.82) is 0 Å². The number of hydrogen-bond donors (Lipinski definition) is 2. The second kappa shape index (κ2) is 6.81. The van der Waals surface area contributed by atoms with Gasteiger partial charge in [-0.15, -0.1) is 0 Å². The Kier molecular flexibility index (Phi) is 4.22. The fourth-order valence-corrected chi connectivity index (χ4v) is 4.53. The summed E-state index contributed by atoms with van der Waals surface area (Å²) < 4.78 is 24.9. The summed E-state index contributed by atoms with van der Waals surface area (Å²) in [4.78, 5) is 16.1. The summed E-state index contributed by atoms with van der Waals surface area (Å²) in [5.41, 5.74) is 5.26. The van der Waals surface area contributed by atoms with E-state index in [-0.39, 0.29) is 0 Å². The van der Waals surface area contributed by atoms with Crippen molar-refractivity contribution in [2.24, 2.45) is 0 Å². The molecule has 0 saturated heterocycles. The lowest BCUT2D eigenvalue weighted by Crippen LogP contribution is -2.13. The van der Waals surface area contributed by atoms with Crippen LogP contribution in [0.3, 0.4) is 0 Å². The number of aromatic amines is 2. The first kappa shape index (κ1) is 18.6. The minimum atomic E-state index is -3.33. The standard InChI is InChI=1S/C23H20N4O2S/c1-14(2)30(28,29)17-11-12-20-21(13-17)27-23(26-20)16-9-7-15(8-10-16)22-24-18-5-3-4-6-19(18)25-22/h3-14H,1-2H3,(H,24,25)(H,26,27). The predicted octanol–water partition coefficient (Wildman–Crippen LogP) is 4.96. The summed E-state index contributed by atoms with van der Waals surface area (Å²) in [5, 5.41) is -0.469. The molecule has 0 aliphatic heterocycles. The first-order chi connectivity index (χ1) is 14.4. The van der Waals surface area contributed by atoms with E-state index in [0.717, 1.165) is 33.5 Å². The van der Waals surface area contributed by atoms with E-state index in [4.69, 9.17) is 0 Å². The number of nitrogens with one attached hydrogen (secondary N) is 2. The van der Waals surface area contributed by atoms with Crippen LogP contribution in [0.1, 0.15) is 13.8 Å². The number of imidazole rings is 2. The molecule has 3 aromatic carbocycles. The molecule has 5 rings (SSSR count). The maximum absolute atomic E-state index is 12.4. The number of rotatable bonds is 4. The average Bonchev–Trinajstić information content (AvgIpc) is 3.37. The van der Waals surface area contributed by atoms with Crippen LogP contribution >= 0.6 is 0 Å². The monoisotopic (exact) mass is 416 g/mol. The van der Waals surface area contributed by atoms with Gasteiger partial charge in [0.1, 0.15) is 11.6 Å². The molecule has 6 nitrogen and oxygen atoms in total. The maximum atomic E-state index is 12.4. The lowest BCUT2D eigenvalue weighted by molar-refractivity contribution is 0.587. The van der Waals surface area contributed by atoms with Crippen molar-refractivity contribution in [1.82, 2.24) is 19.9 Å². The highest BCUT2D eigenvalue weighted by Gasteiger charge is 2.20. The van der Waals surface area contributed by atoms with E-state index in [1.807, 2.05) is 48.5 Å². The minimum Gasteiger partial charge on any atom is -0.338 e. The zero-order valence-corrected chi connectivity index (χ0v) is 17.4. The Bertz CT molecular complexity index is 1450. The Morgan fingerprint density at radius 2 is 1.30 bits per heavy atom. The van der Waals surface area contributed by atoms with Gasteiger partial charge in [0.15, 0.2) is 9.84 Å². The summed E-state index contributed by atoms with van der Waals surface area (Å²) in [7, 11) is -3.33. The Morgan fingerprint density at radius 3 is 1.90 bits per heavy atom. The highest BCUT2D eigenvalue weighted by Crippen LogP contribution is 2.27. The van der Waals surface area contributed by atoms with Crippen molar-refractivity contribution in [2.45, 2.75) is 24.0 Å². The third-order valence-corrected chi connectivity index (χ3v) is 7.38. The molecule has 7 heteroatoms. The molecule has 0 radical (unpaired) electrons. The van der Waals surface area contributed by atoms with Gasteiger partial charge in [0.05, 0.1) is 32.2 Å². The number of sulfone groups is 1. The number of nitrogens with zero attached hydrogens (tertiary/aromatic N) is 2. The summed E-state index contributed by atoms with van der Waals surface area (Å²) in [6, 6.07) is 20.9. The minimum absolute atomic E-state index is 0.306. The van der Waals surface area contributed by atoms with Crippen LogP contribution in [0, 0.1) is 0 Å². The molecule has 0 aliphatic rings. The summed E-state index contributed by atoms with van der Waals surface area (Å²) in [6.07, 6.45) is 0. The molecular weight excluding hydrogens is 396 g/mol. The zero-order valence-electron chi connectivity index (χ0n) is 16.5. The topological polar surface area (TPSA) is 91.5 Å². The van der Waals surface area contributed by atoms with Crippen molar-refractivity contribution in [3.05, 3.63) is 66.7 Å². The maximum Gasteiger partial charge on any atom is 0.180 e. The Balaban J connectivity index is 1.49. The van der Waals surface area contributed by atoms with Crippen LogP contribution in [0.25, 0.3) is 44.8 Å². The molecule has 2 heterocycles. The predicted molar refractivity (Wildman–Crippen MR) is 119 cm³/mol. The number of aromatic nitrogens is 4. The van der Waals surface area contributed by atoms with Gasteiger partial charge in [-0.05, 0) is 44.2 Å². The van der Waals surface area contributed by atoms with Crippen LogP contribution in [0.2, 0.25) is 0 Å². The lowest BCUT2D eigenvalue weighted by atomic mass is 10.1. The summed E-state index contributed by atoms with van der Waals surface area (Å²) in [6.45, 7) is 3.36. The molecule has 30 heavy (non-hydrogen) atoms. The van der Waals surface area contributed by atoms with Gasteiger partial charge in [0, 0.05) is 11.1 Å². The Labute approximate surface area is 173 Å². The third-order valence-electron chi connectivity index (χ3n) is 5.22. The quantitative estimate of drug-likeness (QED) is 0.433. The fraction of sp³-hybridized carbons (Fsp3) is 0.130. The Morgan fingerprint density at radius 1 is 0.733 bits per heavy atom. The van der Waals surface area contributed by atoms with Crippen LogP contribution < -0.4 is 0 Å². The van der Waals surface area contributed by atoms with Crippen LogP contribution in [-0.4, -0.2) is 33.6 Å². The normalized spacial score (nSPS) is 12.2. The van der Waals surface area contributed by atoms with Gasteiger partial charge in [0.25, 0.3) is 0 Å². The van der Waals surface area contributed by atoms with Crippen molar-refractivity contribution in [2.75, 3.05) is 0 Å². The zero-order chi connectivity index (χ0) is 20.9. The van der Waals surface area contributed by atoms with Gasteiger partial charge in [-0.1, -0.05) is 36.4 Å². The molecular formula is C23H20N4O2S. The SMILES string of the molecule is CC(C)S(=O)(=O)c1ccc2nc(-c3ccc(-c4nc5ccccc5[nH]4)cc3)[nH]c2c1. The van der Waals surface area contributed by atoms with Gasteiger partial charge < -0.3 is 9.97 Å². The van der Waals surface area contributed by atoms with Gasteiger partial charge in [-0.3, -0.25) is 0 Å². The molecule has 0 amide bonds. The van der Waals surface area contributed by atoms with E-state index in [9.17, 15) is 8.42 Å². The molecule has 0 unspecified atom stereocenters. The molecule has 0 spiro atoms. The lowest BCUT2D eigenvalue weighted by Gasteiger charge is -2.07. The summed E-state index contributed by atoms with van der Waals surface area (Å²) in [5.74, 6) is 1.51. The molecule has 0 atom stereocenters. The van der Waals surface area contributed by atoms with E-state index in [1.54, 1.807) is 32.0 Å². The molecule has 2 N–H and O–H groups in total. The highest BCUT2D eigenvalue weighted by atomic mass is 32.2. The van der Waals surface area contributed by atoms with E-state index >= 15 is 0 Å². The largest absolute Gasteiger partial charge is 0.338 e. The molecule has 0 fully saturated rings. The third kappa shape index (κ3) is 3.07. The molecule has 0 aliphatic carbocycles. The number of para-hydroxylation sites is 2. The first-order valence-corrected chi connectivity index (χ1v) is 11.3. The van der Waals surface area contributed by atoms with Crippen molar-refractivity contribution < 1.29 is 8.42 Å². The van der Waals surface area contributed by atoms with Crippen LogP contribution in [0.5, 0.6) is 0 Å². The summed E-state index contributed by atoms with van der Waals surface area (Å²) >= 11 is 0. The number of hydrogen-bond acceptors (Lipinski definition) is 4. The van der Waals surface area contributed by atoms with E-state index in [0.29, 0.717) is 16.2 Å². The van der Waals surface area contributed by atoms with Gasteiger partial charge in [-0.25, -0.2) is 18.4 Å². The number of fused-ring (bicyclic) bond motifs is 2. The average molecular weight is 417 g/mol. The molecule has 0 bridgehead atoms. The molecule has 150 valence electrons. The second-order valence-electron chi connectivity index (χ2n) is 7.54. The molecule has 5 aromatic rings. The number of benzene rings is 3. The van der Waals surface area contributed by atoms with E-state index < -0.39 is 15.1 Å². The van der Waals surface area contributed by atoms with Gasteiger partial charge >= 0.3 is 0 Å². The van der Waals surface area contributed by atoms with Crippen molar-refractivity contribution >= 4 is 31.9 Å². The highest BCUT2D eigenvalue weighted by molar-refractivity contribution is 7.92.